The first-order valence-corrected chi connectivity index (χ1v) is 12.1. The molecule has 8 heteroatoms. The molecule has 0 spiro atoms. The van der Waals surface area contributed by atoms with Gasteiger partial charge in [0.2, 0.25) is 5.91 Å². The van der Waals surface area contributed by atoms with Crippen LogP contribution in [0.2, 0.25) is 0 Å². The van der Waals surface area contributed by atoms with E-state index in [1.54, 1.807) is 0 Å². The van der Waals surface area contributed by atoms with E-state index in [2.05, 4.69) is 5.32 Å². The molecule has 1 atom stereocenters. The molecule has 166 valence electrons. The first kappa shape index (κ1) is 23.0. The second kappa shape index (κ2) is 9.20. The third-order valence-electron chi connectivity index (χ3n) is 6.02. The molecule has 0 saturated carbocycles. The molecular weight excluding hydrogens is 416 g/mol. The van der Waals surface area contributed by atoms with E-state index in [9.17, 15) is 23.1 Å². The van der Waals surface area contributed by atoms with E-state index in [0.29, 0.717) is 13.1 Å². The van der Waals surface area contributed by atoms with E-state index in [1.165, 1.54) is 0 Å². The van der Waals surface area contributed by atoms with Crippen LogP contribution in [0, 0.1) is 0 Å². The number of nitrogens with one attached hydrogen (secondary N) is 1. The summed E-state index contributed by atoms with van der Waals surface area (Å²) in [6, 6.07) is 16.0. The van der Waals surface area contributed by atoms with Gasteiger partial charge in [-0.05, 0) is 49.7 Å². The molecule has 2 N–H and O–H groups in total. The quantitative estimate of drug-likeness (QED) is 0.677. The summed E-state index contributed by atoms with van der Waals surface area (Å²) < 4.78 is 23.4. The first-order valence-electron chi connectivity index (χ1n) is 10.2. The van der Waals surface area contributed by atoms with Crippen molar-refractivity contribution < 1.29 is 23.1 Å². The molecule has 3 rings (SSSR count). The Hall–Kier alpha value is -2.71. The van der Waals surface area contributed by atoms with Gasteiger partial charge in [0.05, 0.1) is 0 Å². The van der Waals surface area contributed by atoms with Crippen molar-refractivity contribution in [1.82, 2.24) is 10.2 Å². The minimum Gasteiger partial charge on any atom is -0.480 e. The van der Waals surface area contributed by atoms with Crippen LogP contribution in [0.1, 0.15) is 18.4 Å². The highest BCUT2D eigenvalue weighted by Gasteiger charge is 2.50. The van der Waals surface area contributed by atoms with Crippen LogP contribution in [0.15, 0.2) is 54.6 Å². The van der Waals surface area contributed by atoms with Gasteiger partial charge in [-0.1, -0.05) is 54.6 Å². The van der Waals surface area contributed by atoms with Crippen LogP contribution in [0.5, 0.6) is 0 Å². The van der Waals surface area contributed by atoms with Gasteiger partial charge in [0.1, 0.15) is 6.04 Å². The zero-order valence-corrected chi connectivity index (χ0v) is 18.6. The third kappa shape index (κ3) is 5.14. The molecule has 1 fully saturated rings. The SMILES string of the molecule is CN1CCC(C(=O)N[C@@H](Cc2ccc(-c3ccccc3)cc2)C(=O)O)(S(C)(=O)=O)CC1. The predicted octanol–water partition coefficient (Wildman–Crippen LogP) is 1.97. The van der Waals surface area contributed by atoms with Crippen LogP contribution in [0.4, 0.5) is 0 Å². The van der Waals surface area contributed by atoms with Crippen LogP contribution in [0.3, 0.4) is 0 Å². The summed E-state index contributed by atoms with van der Waals surface area (Å²) >= 11 is 0. The summed E-state index contributed by atoms with van der Waals surface area (Å²) in [5, 5.41) is 12.2. The predicted molar refractivity (Wildman–Crippen MR) is 119 cm³/mol. The fourth-order valence-electron chi connectivity index (χ4n) is 3.94. The lowest BCUT2D eigenvalue weighted by Gasteiger charge is -2.38. The number of hydrogen-bond acceptors (Lipinski definition) is 5. The van der Waals surface area contributed by atoms with Crippen LogP contribution < -0.4 is 5.32 Å². The van der Waals surface area contributed by atoms with E-state index in [1.807, 2.05) is 66.5 Å². The normalized spacial score (nSPS) is 17.6. The first-order chi connectivity index (χ1) is 14.6. The zero-order valence-electron chi connectivity index (χ0n) is 17.7. The Balaban J connectivity index is 1.76. The molecule has 1 heterocycles. The fourth-order valence-corrected chi connectivity index (χ4v) is 5.26. The third-order valence-corrected chi connectivity index (χ3v) is 8.04. The van der Waals surface area contributed by atoms with E-state index in [-0.39, 0.29) is 19.3 Å². The number of carbonyl (C=O) groups is 2. The number of amides is 1. The summed E-state index contributed by atoms with van der Waals surface area (Å²) in [5.74, 6) is -1.92. The minimum absolute atomic E-state index is 0.0654. The number of benzene rings is 2. The maximum Gasteiger partial charge on any atom is 0.326 e. The Kier molecular flexibility index (Phi) is 6.81. The molecule has 0 radical (unpaired) electrons. The van der Waals surface area contributed by atoms with Crippen molar-refractivity contribution in [2.45, 2.75) is 30.1 Å². The molecule has 1 saturated heterocycles. The van der Waals surface area contributed by atoms with Crippen molar-refractivity contribution in [2.24, 2.45) is 0 Å². The summed E-state index contributed by atoms with van der Waals surface area (Å²) in [4.78, 5) is 26.8. The Morgan fingerprint density at radius 2 is 1.58 bits per heavy atom. The lowest BCUT2D eigenvalue weighted by molar-refractivity contribution is -0.142. The van der Waals surface area contributed by atoms with Gasteiger partial charge in [-0.2, -0.15) is 0 Å². The molecular formula is C23H28N2O5S. The second-order valence-electron chi connectivity index (χ2n) is 8.20. The van der Waals surface area contributed by atoms with Gasteiger partial charge in [-0.3, -0.25) is 4.79 Å². The topological polar surface area (TPSA) is 104 Å². The Morgan fingerprint density at radius 1 is 1.03 bits per heavy atom. The summed E-state index contributed by atoms with van der Waals surface area (Å²) in [7, 11) is -1.86. The highest BCUT2D eigenvalue weighted by atomic mass is 32.2. The Bertz CT molecular complexity index is 1030. The number of hydrogen-bond donors (Lipinski definition) is 2. The van der Waals surface area contributed by atoms with Gasteiger partial charge in [-0.25, -0.2) is 13.2 Å². The maximum absolute atomic E-state index is 13.0. The van der Waals surface area contributed by atoms with Gasteiger partial charge in [-0.15, -0.1) is 0 Å². The summed E-state index contributed by atoms with van der Waals surface area (Å²) in [6.07, 6.45) is 1.41. The molecule has 1 aliphatic heterocycles. The molecule has 1 amide bonds. The number of carboxylic acid groups (broad SMARTS) is 1. The van der Waals surface area contributed by atoms with Gasteiger partial charge in [0, 0.05) is 12.7 Å². The number of aliphatic carboxylic acids is 1. The van der Waals surface area contributed by atoms with Crippen molar-refractivity contribution in [3.8, 4) is 11.1 Å². The molecule has 2 aromatic carbocycles. The lowest BCUT2D eigenvalue weighted by atomic mass is 9.94. The maximum atomic E-state index is 13.0. The van der Waals surface area contributed by atoms with E-state index in [0.717, 1.165) is 22.9 Å². The van der Waals surface area contributed by atoms with Crippen molar-refractivity contribution in [3.05, 3.63) is 60.2 Å². The molecule has 7 nitrogen and oxygen atoms in total. The van der Waals surface area contributed by atoms with E-state index >= 15 is 0 Å². The van der Waals surface area contributed by atoms with Crippen molar-refractivity contribution >= 4 is 21.7 Å². The summed E-state index contributed by atoms with van der Waals surface area (Å²) in [6.45, 7) is 0.915. The van der Waals surface area contributed by atoms with Crippen LogP contribution in [-0.2, 0) is 25.8 Å². The molecule has 1 aliphatic rings. The number of carboxylic acids is 1. The van der Waals surface area contributed by atoms with Gasteiger partial charge in [0.25, 0.3) is 0 Å². The molecule has 0 aliphatic carbocycles. The number of rotatable bonds is 7. The van der Waals surface area contributed by atoms with Crippen molar-refractivity contribution in [1.29, 1.82) is 0 Å². The summed E-state index contributed by atoms with van der Waals surface area (Å²) in [5.41, 5.74) is 2.79. The van der Waals surface area contributed by atoms with Crippen LogP contribution in [-0.4, -0.2) is 67.5 Å². The van der Waals surface area contributed by atoms with Gasteiger partial charge in [0.15, 0.2) is 14.6 Å². The Labute approximate surface area is 183 Å². The van der Waals surface area contributed by atoms with Crippen molar-refractivity contribution in [3.63, 3.8) is 0 Å². The van der Waals surface area contributed by atoms with E-state index in [4.69, 9.17) is 0 Å². The average molecular weight is 445 g/mol. The zero-order chi connectivity index (χ0) is 22.6. The molecule has 0 bridgehead atoms. The second-order valence-corrected chi connectivity index (χ2v) is 10.5. The minimum atomic E-state index is -3.72. The highest BCUT2D eigenvalue weighted by molar-refractivity contribution is 7.92. The molecule has 0 aromatic heterocycles. The Morgan fingerprint density at radius 3 is 2.10 bits per heavy atom. The molecule has 31 heavy (non-hydrogen) atoms. The number of piperidine rings is 1. The van der Waals surface area contributed by atoms with Crippen LogP contribution >= 0.6 is 0 Å². The highest BCUT2D eigenvalue weighted by Crippen LogP contribution is 2.30. The smallest absolute Gasteiger partial charge is 0.326 e. The number of nitrogens with zero attached hydrogens (tertiary/aromatic N) is 1. The van der Waals surface area contributed by atoms with Crippen molar-refractivity contribution in [2.75, 3.05) is 26.4 Å². The average Bonchev–Trinajstić information content (AvgIpc) is 2.74. The monoisotopic (exact) mass is 444 g/mol. The fraction of sp³-hybridized carbons (Fsp3) is 0.391. The number of carbonyl (C=O) groups excluding carboxylic acids is 1. The van der Waals surface area contributed by atoms with E-state index < -0.39 is 32.5 Å². The molecule has 2 aromatic rings. The van der Waals surface area contributed by atoms with Gasteiger partial charge < -0.3 is 15.3 Å². The van der Waals surface area contributed by atoms with Gasteiger partial charge >= 0.3 is 5.97 Å². The largest absolute Gasteiger partial charge is 0.480 e. The lowest BCUT2D eigenvalue weighted by Crippen LogP contribution is -2.60. The standard InChI is InChI=1S/C23H28N2O5S/c1-25-14-12-23(13-15-25,31(2,29)30)22(28)24-20(21(26)27)16-17-8-10-19(11-9-17)18-6-4-3-5-7-18/h3-11,20H,12-16H2,1-2H3,(H,24,28)(H,26,27)/t20-/m0/s1. The number of sulfone groups is 1. The number of likely N-dealkylation sites (tertiary alicyclic amines) is 1. The molecule has 0 unspecified atom stereocenters. The van der Waals surface area contributed by atoms with Crippen LogP contribution in [0.25, 0.3) is 11.1 Å².